The van der Waals surface area contributed by atoms with E-state index in [4.69, 9.17) is 0 Å². The van der Waals surface area contributed by atoms with E-state index in [1.165, 1.54) is 0 Å². The Kier molecular flexibility index (Phi) is 6.96. The molecule has 1 aromatic rings. The second kappa shape index (κ2) is 8.97. The third-order valence-corrected chi connectivity index (χ3v) is 4.58. The molecule has 0 spiro atoms. The van der Waals surface area contributed by atoms with Crippen molar-refractivity contribution in [2.75, 3.05) is 60.9 Å². The Morgan fingerprint density at radius 3 is 2.04 bits per heavy atom. The van der Waals surface area contributed by atoms with Crippen LogP contribution in [0.2, 0.25) is 0 Å². The van der Waals surface area contributed by atoms with E-state index < -0.39 is 0 Å². The average molecular weight is 346 g/mol. The molecule has 1 aliphatic rings. The van der Waals surface area contributed by atoms with E-state index in [2.05, 4.69) is 0 Å². The molecule has 1 unspecified atom stereocenters. The van der Waals surface area contributed by atoms with Crippen molar-refractivity contribution in [2.24, 2.45) is 0 Å². The first-order chi connectivity index (χ1) is 11.9. The maximum absolute atomic E-state index is 13.0. The predicted octanol–water partition coefficient (Wildman–Crippen LogP) is 0.912. The van der Waals surface area contributed by atoms with E-state index >= 15 is 0 Å². The van der Waals surface area contributed by atoms with Gasteiger partial charge in [-0.2, -0.15) is 0 Å². The van der Waals surface area contributed by atoms with E-state index in [1.54, 1.807) is 0 Å². The summed E-state index contributed by atoms with van der Waals surface area (Å²) in [6.45, 7) is 3.20. The third kappa shape index (κ3) is 5.28. The van der Waals surface area contributed by atoms with Crippen LogP contribution in [0.25, 0.3) is 0 Å². The summed E-state index contributed by atoms with van der Waals surface area (Å²) in [7, 11) is 7.79. The number of piperazine rings is 1. The molecule has 1 heterocycles. The van der Waals surface area contributed by atoms with Crippen LogP contribution in [0.4, 0.5) is 0 Å². The van der Waals surface area contributed by atoms with Gasteiger partial charge in [0, 0.05) is 39.1 Å². The monoisotopic (exact) mass is 346 g/mol. The number of rotatable bonds is 6. The van der Waals surface area contributed by atoms with Crippen LogP contribution in [0, 0.1) is 0 Å². The van der Waals surface area contributed by atoms with Gasteiger partial charge in [0.05, 0.1) is 0 Å². The molecule has 6 nitrogen and oxygen atoms in total. The summed E-state index contributed by atoms with van der Waals surface area (Å²) >= 11 is 0. The highest BCUT2D eigenvalue weighted by molar-refractivity contribution is 5.84. The van der Waals surface area contributed by atoms with E-state index in [-0.39, 0.29) is 17.9 Å². The fraction of sp³-hybridized carbons (Fsp3) is 0.579. The minimum Gasteiger partial charge on any atom is -0.339 e. The molecule has 6 heteroatoms. The number of carbonyl (C=O) groups excluding carboxylic acids is 2. The van der Waals surface area contributed by atoms with Crippen LogP contribution < -0.4 is 0 Å². The Hall–Kier alpha value is -1.92. The maximum Gasteiger partial charge on any atom is 0.244 e. The summed E-state index contributed by atoms with van der Waals surface area (Å²) < 4.78 is 0. The van der Waals surface area contributed by atoms with Crippen molar-refractivity contribution in [3.8, 4) is 0 Å². The molecule has 0 bridgehead atoms. The molecule has 0 saturated carbocycles. The number of hydrogen-bond acceptors (Lipinski definition) is 4. The first-order valence-corrected chi connectivity index (χ1v) is 8.83. The normalized spacial score (nSPS) is 16.4. The van der Waals surface area contributed by atoms with E-state index in [9.17, 15) is 9.59 Å². The van der Waals surface area contributed by atoms with Gasteiger partial charge in [0.25, 0.3) is 0 Å². The summed E-state index contributed by atoms with van der Waals surface area (Å²) in [6.07, 6.45) is 0.533. The lowest BCUT2D eigenvalue weighted by atomic mass is 10.0. The lowest BCUT2D eigenvalue weighted by molar-refractivity contribution is -0.142. The fourth-order valence-electron chi connectivity index (χ4n) is 3.12. The Bertz CT molecular complexity index is 566. The van der Waals surface area contributed by atoms with E-state index in [1.807, 2.05) is 78.1 Å². The smallest absolute Gasteiger partial charge is 0.244 e. The van der Waals surface area contributed by atoms with Gasteiger partial charge in [0.2, 0.25) is 11.8 Å². The lowest BCUT2D eigenvalue weighted by Crippen LogP contribution is -2.53. The molecule has 0 aromatic heterocycles. The van der Waals surface area contributed by atoms with Crippen LogP contribution in [-0.4, -0.2) is 92.3 Å². The molecule has 1 aliphatic heterocycles. The van der Waals surface area contributed by atoms with E-state index in [0.29, 0.717) is 32.6 Å². The summed E-state index contributed by atoms with van der Waals surface area (Å²) in [5, 5.41) is 0. The summed E-state index contributed by atoms with van der Waals surface area (Å²) in [4.78, 5) is 33.0. The highest BCUT2D eigenvalue weighted by Gasteiger charge is 2.30. The molecule has 138 valence electrons. The number of benzene rings is 1. The lowest BCUT2D eigenvalue weighted by Gasteiger charge is -2.38. The van der Waals surface area contributed by atoms with Crippen LogP contribution in [0.15, 0.2) is 30.3 Å². The van der Waals surface area contributed by atoms with Crippen molar-refractivity contribution in [3.63, 3.8) is 0 Å². The third-order valence-electron chi connectivity index (χ3n) is 4.58. The van der Waals surface area contributed by atoms with Gasteiger partial charge < -0.3 is 14.7 Å². The molecule has 2 rings (SSSR count). The largest absolute Gasteiger partial charge is 0.339 e. The highest BCUT2D eigenvalue weighted by atomic mass is 16.2. The molecular formula is C19H30N4O2. The molecule has 0 aliphatic carbocycles. The zero-order valence-corrected chi connectivity index (χ0v) is 15.8. The van der Waals surface area contributed by atoms with Crippen LogP contribution in [0.1, 0.15) is 18.0 Å². The minimum absolute atomic E-state index is 0.108. The van der Waals surface area contributed by atoms with Crippen molar-refractivity contribution < 1.29 is 9.59 Å². The number of amides is 2. The number of likely N-dealkylation sites (N-methyl/N-ethyl adjacent to an activating group) is 1. The van der Waals surface area contributed by atoms with Crippen molar-refractivity contribution >= 4 is 11.8 Å². The predicted molar refractivity (Wildman–Crippen MR) is 99.2 cm³/mol. The number of carbonyl (C=O) groups is 2. The standard InChI is InChI=1S/C19H30N4O2/c1-20(2)11-10-17(24)22-12-14-23(15-13-22)19(25)18(21(3)4)16-8-6-5-7-9-16/h5-9,18H,10-15H2,1-4H3. The average Bonchev–Trinajstić information content (AvgIpc) is 2.60. The first kappa shape index (κ1) is 19.4. The van der Waals surface area contributed by atoms with Gasteiger partial charge in [-0.15, -0.1) is 0 Å². The van der Waals surface area contributed by atoms with Crippen LogP contribution >= 0.6 is 0 Å². The van der Waals surface area contributed by atoms with Crippen molar-refractivity contribution in [2.45, 2.75) is 12.5 Å². The minimum atomic E-state index is -0.280. The van der Waals surface area contributed by atoms with Crippen molar-refractivity contribution in [1.82, 2.24) is 19.6 Å². The topological polar surface area (TPSA) is 47.1 Å². The number of nitrogens with zero attached hydrogens (tertiary/aromatic N) is 4. The Morgan fingerprint density at radius 2 is 1.52 bits per heavy atom. The van der Waals surface area contributed by atoms with Gasteiger partial charge >= 0.3 is 0 Å². The fourth-order valence-corrected chi connectivity index (χ4v) is 3.12. The molecule has 1 saturated heterocycles. The Labute approximate surface area is 151 Å². The Balaban J connectivity index is 1.94. The zero-order chi connectivity index (χ0) is 18.4. The quantitative estimate of drug-likeness (QED) is 0.768. The Morgan fingerprint density at radius 1 is 0.960 bits per heavy atom. The SMILES string of the molecule is CN(C)CCC(=O)N1CCN(C(=O)C(c2ccccc2)N(C)C)CC1. The molecule has 2 amide bonds. The number of hydrogen-bond donors (Lipinski definition) is 0. The highest BCUT2D eigenvalue weighted by Crippen LogP contribution is 2.21. The molecule has 0 N–H and O–H groups in total. The summed E-state index contributed by atoms with van der Waals surface area (Å²) in [5.41, 5.74) is 1.00. The second-order valence-corrected chi connectivity index (χ2v) is 7.04. The molecule has 1 aromatic carbocycles. The first-order valence-electron chi connectivity index (χ1n) is 8.83. The van der Waals surface area contributed by atoms with Gasteiger partial charge in [-0.1, -0.05) is 30.3 Å². The maximum atomic E-state index is 13.0. The summed E-state index contributed by atoms with van der Waals surface area (Å²) in [5.74, 6) is 0.282. The van der Waals surface area contributed by atoms with Crippen LogP contribution in [0.5, 0.6) is 0 Å². The van der Waals surface area contributed by atoms with Gasteiger partial charge in [-0.05, 0) is 33.8 Å². The molecule has 0 radical (unpaired) electrons. The molecular weight excluding hydrogens is 316 g/mol. The van der Waals surface area contributed by atoms with Crippen LogP contribution in [-0.2, 0) is 9.59 Å². The van der Waals surface area contributed by atoms with Crippen molar-refractivity contribution in [1.29, 1.82) is 0 Å². The zero-order valence-electron chi connectivity index (χ0n) is 15.8. The molecule has 1 atom stereocenters. The van der Waals surface area contributed by atoms with Gasteiger partial charge in [0.1, 0.15) is 6.04 Å². The summed E-state index contributed by atoms with van der Waals surface area (Å²) in [6, 6.07) is 9.57. The molecule has 1 fully saturated rings. The molecule has 25 heavy (non-hydrogen) atoms. The van der Waals surface area contributed by atoms with Crippen LogP contribution in [0.3, 0.4) is 0 Å². The van der Waals surface area contributed by atoms with Crippen molar-refractivity contribution in [3.05, 3.63) is 35.9 Å². The van der Waals surface area contributed by atoms with Gasteiger partial charge in [0.15, 0.2) is 0 Å². The van der Waals surface area contributed by atoms with Gasteiger partial charge in [-0.3, -0.25) is 14.5 Å². The second-order valence-electron chi connectivity index (χ2n) is 7.04. The van der Waals surface area contributed by atoms with E-state index in [0.717, 1.165) is 12.1 Å². The van der Waals surface area contributed by atoms with Gasteiger partial charge in [-0.25, -0.2) is 0 Å².